The van der Waals surface area contributed by atoms with Gasteiger partial charge in [-0.25, -0.2) is 9.97 Å². The van der Waals surface area contributed by atoms with Crippen molar-refractivity contribution in [3.8, 4) is 57.1 Å². The summed E-state index contributed by atoms with van der Waals surface area (Å²) >= 11 is 0. The van der Waals surface area contributed by atoms with Crippen LogP contribution < -0.4 is 9.80 Å². The number of aromatic nitrogens is 6. The van der Waals surface area contributed by atoms with E-state index in [0.717, 1.165) is 102 Å². The molecule has 3 aromatic heterocycles. The van der Waals surface area contributed by atoms with Gasteiger partial charge in [-0.05, 0) is 177 Å². The third kappa shape index (κ3) is 8.83. The fourth-order valence-electron chi connectivity index (χ4n) is 9.90. The van der Waals surface area contributed by atoms with E-state index in [1.54, 1.807) is 0 Å². The highest BCUT2D eigenvalue weighted by Gasteiger charge is 2.29. The van der Waals surface area contributed by atoms with Gasteiger partial charge in [0, 0.05) is 67.9 Å². The molecule has 0 spiro atoms. The SMILES string of the molecule is CC1=C(c2nc3ccccc3nc2-c2cc(C)c(N(c3ccccc3)c3ccc(-c4nnc(-c5ccccc5)o4)cc3)cc2C)CC(C)C(N(c2ccccc2)c2ccc(-c3nnc(-c4ccccc4)o3)cc2)=C1. The Morgan fingerprint density at radius 2 is 0.824 bits per heavy atom. The molecule has 0 radical (unpaired) electrons. The molecule has 11 aromatic rings. The summed E-state index contributed by atoms with van der Waals surface area (Å²) in [6.07, 6.45) is 3.09. The van der Waals surface area contributed by atoms with E-state index in [0.29, 0.717) is 23.6 Å². The van der Waals surface area contributed by atoms with Gasteiger partial charge in [0.2, 0.25) is 23.6 Å². The van der Waals surface area contributed by atoms with E-state index in [1.165, 1.54) is 11.3 Å². The molecule has 0 N–H and O–H groups in total. The number of nitrogens with zero attached hydrogens (tertiary/aromatic N) is 8. The second-order valence-corrected chi connectivity index (χ2v) is 18.7. The maximum absolute atomic E-state index is 6.13. The summed E-state index contributed by atoms with van der Waals surface area (Å²) in [5.74, 6) is 2.03. The number of aryl methyl sites for hydroxylation is 2. The van der Waals surface area contributed by atoms with Crippen molar-refractivity contribution in [2.45, 2.75) is 34.1 Å². The lowest BCUT2D eigenvalue weighted by molar-refractivity contribution is 0.584. The van der Waals surface area contributed by atoms with Gasteiger partial charge in [-0.1, -0.05) is 91.9 Å². The lowest BCUT2D eigenvalue weighted by Gasteiger charge is -2.35. The minimum absolute atomic E-state index is 0.112. The summed E-state index contributed by atoms with van der Waals surface area (Å²) in [5.41, 5.74) is 18.8. The van der Waals surface area contributed by atoms with Gasteiger partial charge in [0.05, 0.1) is 22.4 Å². The van der Waals surface area contributed by atoms with Gasteiger partial charge in [-0.2, -0.15) is 0 Å². The average Bonchev–Trinajstić information content (AvgIpc) is 4.17. The van der Waals surface area contributed by atoms with Crippen LogP contribution in [-0.4, -0.2) is 30.4 Å². The molecule has 10 heteroatoms. The van der Waals surface area contributed by atoms with E-state index >= 15 is 0 Å². The predicted molar refractivity (Wildman–Crippen MR) is 296 cm³/mol. The zero-order chi connectivity index (χ0) is 50.1. The summed E-state index contributed by atoms with van der Waals surface area (Å²) in [6.45, 7) is 8.87. The third-order valence-electron chi connectivity index (χ3n) is 13.7. The van der Waals surface area contributed by atoms with Gasteiger partial charge in [-0.3, -0.25) is 0 Å². The molecule has 0 saturated heterocycles. The smallest absolute Gasteiger partial charge is 0.248 e. The van der Waals surface area contributed by atoms with Crippen LogP contribution in [0.5, 0.6) is 0 Å². The summed E-state index contributed by atoms with van der Waals surface area (Å²) in [7, 11) is 0. The molecule has 0 fully saturated rings. The number of para-hydroxylation sites is 4. The molecular weight excluding hydrogens is 913 g/mol. The molecule has 1 aliphatic carbocycles. The first-order chi connectivity index (χ1) is 36.3. The number of fused-ring (bicyclic) bond motifs is 1. The molecule has 1 atom stereocenters. The van der Waals surface area contributed by atoms with E-state index in [2.05, 4.69) is 179 Å². The zero-order valence-electron chi connectivity index (χ0n) is 41.4. The van der Waals surface area contributed by atoms with Crippen molar-refractivity contribution >= 4 is 45.0 Å². The quantitative estimate of drug-likeness (QED) is 0.117. The van der Waals surface area contributed by atoms with Crippen molar-refractivity contribution in [3.63, 3.8) is 0 Å². The predicted octanol–water partition coefficient (Wildman–Crippen LogP) is 16.4. The highest BCUT2D eigenvalue weighted by atomic mass is 16.4. The molecule has 74 heavy (non-hydrogen) atoms. The summed E-state index contributed by atoms with van der Waals surface area (Å²) in [6, 6.07) is 70.1. The topological polar surface area (TPSA) is 110 Å². The van der Waals surface area contributed by atoms with E-state index in [1.807, 2.05) is 91.0 Å². The van der Waals surface area contributed by atoms with Gasteiger partial charge in [-0.15, -0.1) is 20.4 Å². The van der Waals surface area contributed by atoms with E-state index in [9.17, 15) is 0 Å². The lowest BCUT2D eigenvalue weighted by atomic mass is 9.84. The van der Waals surface area contributed by atoms with Crippen molar-refractivity contribution < 1.29 is 8.83 Å². The molecule has 0 saturated carbocycles. The molecule has 0 aliphatic heterocycles. The van der Waals surface area contributed by atoms with Crippen molar-refractivity contribution in [2.75, 3.05) is 9.80 Å². The largest absolute Gasteiger partial charge is 0.416 e. The fourth-order valence-corrected chi connectivity index (χ4v) is 9.90. The maximum atomic E-state index is 6.13. The van der Waals surface area contributed by atoms with Gasteiger partial charge in [0.1, 0.15) is 0 Å². The number of allylic oxidation sites excluding steroid dienone is 4. The van der Waals surface area contributed by atoms with E-state index in [4.69, 9.17) is 18.8 Å². The Morgan fingerprint density at radius 3 is 1.32 bits per heavy atom. The Kier molecular flexibility index (Phi) is 12.1. The van der Waals surface area contributed by atoms with E-state index < -0.39 is 0 Å². The van der Waals surface area contributed by atoms with Crippen LogP contribution in [0, 0.1) is 19.8 Å². The summed E-state index contributed by atoms with van der Waals surface area (Å²) in [4.78, 5) is 15.6. The zero-order valence-corrected chi connectivity index (χ0v) is 41.4. The minimum atomic E-state index is 0.112. The Bertz CT molecular complexity index is 3850. The Labute approximate surface area is 429 Å². The number of anilines is 5. The molecule has 12 rings (SSSR count). The molecule has 8 aromatic carbocycles. The Morgan fingerprint density at radius 1 is 0.419 bits per heavy atom. The second kappa shape index (κ2) is 19.6. The van der Waals surface area contributed by atoms with Crippen molar-refractivity contribution in [3.05, 3.63) is 240 Å². The van der Waals surface area contributed by atoms with Gasteiger partial charge in [0.15, 0.2) is 0 Å². The van der Waals surface area contributed by atoms with Gasteiger partial charge >= 0.3 is 0 Å². The standard InChI is InChI=1S/C64H50N8O2/c1-41-39-57(71(49-23-13-7-14-24-49)51-33-29-47(30-34-51)63-69-67-61(73-63)45-19-9-5-10-20-45)43(3)37-53(41)59-60(66-56-28-18-17-27-55(56)65-59)54-38-44(4)58(40-42(54)2)72(50-25-15-8-16-26-50)52-35-31-48(32-36-52)64-70-68-62(74-64)46-21-11-6-12-22-46/h5-37,39-40,44H,38H2,1-4H3. The van der Waals surface area contributed by atoms with Crippen LogP contribution in [0.4, 0.5) is 28.4 Å². The minimum Gasteiger partial charge on any atom is -0.416 e. The molecule has 0 amide bonds. The first-order valence-corrected chi connectivity index (χ1v) is 24.8. The molecule has 0 bridgehead atoms. The van der Waals surface area contributed by atoms with Crippen LogP contribution in [0.25, 0.3) is 73.7 Å². The van der Waals surface area contributed by atoms with Crippen LogP contribution in [0.3, 0.4) is 0 Å². The van der Waals surface area contributed by atoms with Crippen LogP contribution in [0.1, 0.15) is 37.1 Å². The van der Waals surface area contributed by atoms with Crippen molar-refractivity contribution in [1.82, 2.24) is 30.4 Å². The molecular formula is C64H50N8O2. The first-order valence-electron chi connectivity index (χ1n) is 24.8. The molecule has 1 unspecified atom stereocenters. The van der Waals surface area contributed by atoms with Crippen LogP contribution in [-0.2, 0) is 0 Å². The Hall–Kier alpha value is -9.54. The van der Waals surface area contributed by atoms with Crippen molar-refractivity contribution in [1.29, 1.82) is 0 Å². The van der Waals surface area contributed by atoms with Crippen LogP contribution in [0.2, 0.25) is 0 Å². The Balaban J connectivity index is 0.908. The molecule has 358 valence electrons. The lowest BCUT2D eigenvalue weighted by Crippen LogP contribution is -2.24. The highest BCUT2D eigenvalue weighted by Crippen LogP contribution is 2.46. The second-order valence-electron chi connectivity index (χ2n) is 18.7. The number of hydrogen-bond acceptors (Lipinski definition) is 10. The number of rotatable bonds is 12. The molecule has 10 nitrogen and oxygen atoms in total. The summed E-state index contributed by atoms with van der Waals surface area (Å²) in [5, 5.41) is 17.4. The number of hydrogen-bond donors (Lipinski definition) is 0. The van der Waals surface area contributed by atoms with Crippen LogP contribution >= 0.6 is 0 Å². The molecule has 3 heterocycles. The fraction of sp³-hybridized carbons (Fsp3) is 0.0938. The monoisotopic (exact) mass is 962 g/mol. The van der Waals surface area contributed by atoms with E-state index in [-0.39, 0.29) is 5.92 Å². The van der Waals surface area contributed by atoms with Crippen LogP contribution in [0.15, 0.2) is 232 Å². The number of benzene rings is 8. The van der Waals surface area contributed by atoms with Gasteiger partial charge in [0.25, 0.3) is 0 Å². The normalized spacial score (nSPS) is 13.5. The third-order valence-corrected chi connectivity index (χ3v) is 13.7. The molecule has 1 aliphatic rings. The summed E-state index contributed by atoms with van der Waals surface area (Å²) < 4.78 is 12.3. The first kappa shape index (κ1) is 45.6. The average molecular weight is 963 g/mol. The maximum Gasteiger partial charge on any atom is 0.248 e. The van der Waals surface area contributed by atoms with Gasteiger partial charge < -0.3 is 18.6 Å². The highest BCUT2D eigenvalue weighted by molar-refractivity contribution is 5.90. The van der Waals surface area contributed by atoms with Crippen molar-refractivity contribution in [2.24, 2.45) is 5.92 Å².